The number of carbonyl (C=O) groups is 1. The van der Waals surface area contributed by atoms with Crippen LogP contribution in [-0.4, -0.2) is 42.2 Å². The number of nitrogens with zero attached hydrogens (tertiary/aromatic N) is 1. The van der Waals surface area contributed by atoms with E-state index in [-0.39, 0.29) is 5.91 Å². The van der Waals surface area contributed by atoms with Crippen LogP contribution in [0.25, 0.3) is 0 Å². The molecule has 6 heteroatoms. The molecule has 2 heterocycles. The highest BCUT2D eigenvalue weighted by atomic mass is 35.5. The SMILES string of the molecule is O=C1CCc2ccc(OCCCN3CCC(O)(c4ccccc4Cl)CC3)cc2N1. The average Bonchev–Trinajstić information content (AvgIpc) is 2.72. The molecule has 0 saturated carbocycles. The van der Waals surface area contributed by atoms with E-state index in [1.54, 1.807) is 0 Å². The maximum Gasteiger partial charge on any atom is 0.224 e. The Balaban J connectivity index is 1.22. The van der Waals surface area contributed by atoms with E-state index in [4.69, 9.17) is 16.3 Å². The van der Waals surface area contributed by atoms with Gasteiger partial charge in [-0.15, -0.1) is 0 Å². The number of hydrogen-bond acceptors (Lipinski definition) is 4. The van der Waals surface area contributed by atoms with Gasteiger partial charge in [-0.25, -0.2) is 0 Å². The van der Waals surface area contributed by atoms with E-state index in [2.05, 4.69) is 10.2 Å². The van der Waals surface area contributed by atoms with Crippen LogP contribution < -0.4 is 10.1 Å². The van der Waals surface area contributed by atoms with Crippen molar-refractivity contribution in [2.24, 2.45) is 0 Å². The van der Waals surface area contributed by atoms with E-state index >= 15 is 0 Å². The number of aryl methyl sites for hydroxylation is 1. The summed E-state index contributed by atoms with van der Waals surface area (Å²) in [5.74, 6) is 0.856. The fraction of sp³-hybridized carbons (Fsp3) is 0.435. The van der Waals surface area contributed by atoms with Crippen LogP contribution >= 0.6 is 11.6 Å². The molecule has 2 N–H and O–H groups in total. The van der Waals surface area contributed by atoms with Crippen LogP contribution in [0.5, 0.6) is 5.75 Å². The number of likely N-dealkylation sites (tertiary alicyclic amines) is 1. The van der Waals surface area contributed by atoms with Crippen molar-refractivity contribution in [2.75, 3.05) is 31.6 Å². The summed E-state index contributed by atoms with van der Waals surface area (Å²) in [4.78, 5) is 13.9. The number of piperidine rings is 1. The number of nitrogens with one attached hydrogen (secondary N) is 1. The molecule has 0 aliphatic carbocycles. The topological polar surface area (TPSA) is 61.8 Å². The molecular weight excluding hydrogens is 388 g/mol. The zero-order chi connectivity index (χ0) is 20.3. The molecule has 1 amide bonds. The van der Waals surface area contributed by atoms with E-state index < -0.39 is 5.60 Å². The minimum absolute atomic E-state index is 0.0662. The van der Waals surface area contributed by atoms with Gasteiger partial charge in [-0.05, 0) is 43.4 Å². The normalized spacial score (nSPS) is 18.8. The molecule has 29 heavy (non-hydrogen) atoms. The van der Waals surface area contributed by atoms with Gasteiger partial charge in [0.2, 0.25) is 5.91 Å². The molecule has 2 aromatic rings. The summed E-state index contributed by atoms with van der Waals surface area (Å²) in [6.07, 6.45) is 3.61. The summed E-state index contributed by atoms with van der Waals surface area (Å²) in [7, 11) is 0. The zero-order valence-corrected chi connectivity index (χ0v) is 17.3. The van der Waals surface area contributed by atoms with Crippen molar-refractivity contribution in [1.29, 1.82) is 0 Å². The lowest BCUT2D eigenvalue weighted by Crippen LogP contribution is -2.43. The Morgan fingerprint density at radius 3 is 2.72 bits per heavy atom. The molecule has 2 aromatic carbocycles. The molecule has 4 rings (SSSR count). The predicted octanol–water partition coefficient (Wildman–Crippen LogP) is 3.98. The van der Waals surface area contributed by atoms with Gasteiger partial charge in [0.25, 0.3) is 0 Å². The second kappa shape index (κ2) is 8.74. The van der Waals surface area contributed by atoms with Crippen molar-refractivity contribution >= 4 is 23.2 Å². The number of ether oxygens (including phenoxy) is 1. The summed E-state index contributed by atoms with van der Waals surface area (Å²) in [5.41, 5.74) is 2.04. The number of amides is 1. The minimum Gasteiger partial charge on any atom is -0.493 e. The van der Waals surface area contributed by atoms with Crippen LogP contribution in [0.2, 0.25) is 5.02 Å². The number of rotatable bonds is 6. The molecule has 0 bridgehead atoms. The Hall–Kier alpha value is -2.08. The first-order chi connectivity index (χ1) is 14.0. The average molecular weight is 415 g/mol. The number of halogens is 1. The summed E-state index contributed by atoms with van der Waals surface area (Å²) in [5, 5.41) is 14.6. The number of hydrogen-bond donors (Lipinski definition) is 2. The number of fused-ring (bicyclic) bond motifs is 1. The lowest BCUT2D eigenvalue weighted by molar-refractivity contribution is -0.116. The quantitative estimate of drug-likeness (QED) is 0.702. The lowest BCUT2D eigenvalue weighted by atomic mass is 9.84. The van der Waals surface area contributed by atoms with E-state index in [0.717, 1.165) is 55.0 Å². The van der Waals surface area contributed by atoms with Crippen molar-refractivity contribution in [3.63, 3.8) is 0 Å². The van der Waals surface area contributed by atoms with E-state index in [1.165, 1.54) is 0 Å². The van der Waals surface area contributed by atoms with E-state index in [9.17, 15) is 9.90 Å². The largest absolute Gasteiger partial charge is 0.493 e. The van der Waals surface area contributed by atoms with Crippen molar-refractivity contribution in [2.45, 2.75) is 37.7 Å². The molecule has 0 spiro atoms. The molecule has 2 aliphatic heterocycles. The molecule has 0 aromatic heterocycles. The summed E-state index contributed by atoms with van der Waals surface area (Å²) in [6, 6.07) is 13.5. The number of aliphatic hydroxyl groups is 1. The van der Waals surface area contributed by atoms with E-state index in [0.29, 0.717) is 30.9 Å². The second-order valence-electron chi connectivity index (χ2n) is 7.92. The highest BCUT2D eigenvalue weighted by molar-refractivity contribution is 6.31. The van der Waals surface area contributed by atoms with Crippen molar-refractivity contribution in [1.82, 2.24) is 4.90 Å². The molecule has 2 aliphatic rings. The third kappa shape index (κ3) is 4.74. The van der Waals surface area contributed by atoms with Gasteiger partial charge in [-0.3, -0.25) is 4.79 Å². The van der Waals surface area contributed by atoms with Crippen molar-refractivity contribution in [3.05, 3.63) is 58.6 Å². The van der Waals surface area contributed by atoms with Crippen LogP contribution in [0.1, 0.15) is 36.8 Å². The summed E-state index contributed by atoms with van der Waals surface area (Å²) in [6.45, 7) is 3.23. The summed E-state index contributed by atoms with van der Waals surface area (Å²) < 4.78 is 5.88. The maximum atomic E-state index is 11.5. The van der Waals surface area contributed by atoms with Crippen molar-refractivity contribution in [3.8, 4) is 5.75 Å². The van der Waals surface area contributed by atoms with Gasteiger partial charge in [0.1, 0.15) is 5.75 Å². The zero-order valence-electron chi connectivity index (χ0n) is 16.5. The Bertz CT molecular complexity index is 878. The molecule has 5 nitrogen and oxygen atoms in total. The van der Waals surface area contributed by atoms with Gasteiger partial charge < -0.3 is 20.1 Å². The first kappa shape index (κ1) is 20.2. The van der Waals surface area contributed by atoms with Crippen molar-refractivity contribution < 1.29 is 14.6 Å². The molecule has 0 atom stereocenters. The number of benzene rings is 2. The summed E-state index contributed by atoms with van der Waals surface area (Å²) >= 11 is 6.28. The monoisotopic (exact) mass is 414 g/mol. The number of carbonyl (C=O) groups excluding carboxylic acids is 1. The van der Waals surface area contributed by atoms with Gasteiger partial charge in [0.05, 0.1) is 12.2 Å². The van der Waals surface area contributed by atoms with Crippen LogP contribution in [0.15, 0.2) is 42.5 Å². The molecule has 0 radical (unpaired) electrons. The van der Waals surface area contributed by atoms with Crippen LogP contribution in [-0.2, 0) is 16.8 Å². The van der Waals surface area contributed by atoms with Crippen LogP contribution in [0.4, 0.5) is 5.69 Å². The Morgan fingerprint density at radius 2 is 1.93 bits per heavy atom. The predicted molar refractivity (Wildman–Crippen MR) is 115 cm³/mol. The fourth-order valence-electron chi connectivity index (χ4n) is 4.17. The van der Waals surface area contributed by atoms with Gasteiger partial charge in [-0.1, -0.05) is 35.9 Å². The molecule has 1 saturated heterocycles. The third-order valence-electron chi connectivity index (χ3n) is 5.92. The number of anilines is 1. The Kier molecular flexibility index (Phi) is 6.09. The van der Waals surface area contributed by atoms with Gasteiger partial charge in [0, 0.05) is 48.4 Å². The molecule has 154 valence electrons. The highest BCUT2D eigenvalue weighted by Gasteiger charge is 2.35. The Labute approximate surface area is 176 Å². The standard InChI is InChI=1S/C23H27ClN2O3/c24-20-5-2-1-4-19(20)23(28)10-13-26(14-11-23)12-3-15-29-18-8-6-17-7-9-22(27)25-21(17)16-18/h1-2,4-6,8,16,28H,3,7,9-15H2,(H,25,27). The molecule has 0 unspecified atom stereocenters. The molecule has 1 fully saturated rings. The lowest BCUT2D eigenvalue weighted by Gasteiger charge is -2.39. The third-order valence-corrected chi connectivity index (χ3v) is 6.25. The Morgan fingerprint density at radius 1 is 1.14 bits per heavy atom. The minimum atomic E-state index is -0.834. The smallest absolute Gasteiger partial charge is 0.224 e. The van der Waals surface area contributed by atoms with Gasteiger partial charge in [0.15, 0.2) is 0 Å². The van der Waals surface area contributed by atoms with Gasteiger partial charge in [-0.2, -0.15) is 0 Å². The highest BCUT2D eigenvalue weighted by Crippen LogP contribution is 2.36. The fourth-order valence-corrected chi connectivity index (χ4v) is 4.48. The van der Waals surface area contributed by atoms with E-state index in [1.807, 2.05) is 42.5 Å². The van der Waals surface area contributed by atoms with Gasteiger partial charge >= 0.3 is 0 Å². The maximum absolute atomic E-state index is 11.5. The first-order valence-corrected chi connectivity index (χ1v) is 10.7. The van der Waals surface area contributed by atoms with Crippen LogP contribution in [0.3, 0.4) is 0 Å². The van der Waals surface area contributed by atoms with Crippen LogP contribution in [0, 0.1) is 0 Å². The second-order valence-corrected chi connectivity index (χ2v) is 8.33. The molecular formula is C23H27ClN2O3. The first-order valence-electron chi connectivity index (χ1n) is 10.3.